The Balaban J connectivity index is 2.68. The Morgan fingerprint density at radius 1 is 1.30 bits per heavy atom. The van der Waals surface area contributed by atoms with Crippen molar-refractivity contribution in [3.8, 4) is 0 Å². The first-order valence-electron chi connectivity index (χ1n) is 6.43. The van der Waals surface area contributed by atoms with Gasteiger partial charge in [-0.3, -0.25) is 0 Å². The predicted molar refractivity (Wildman–Crippen MR) is 74.5 cm³/mol. The predicted octanol–water partition coefficient (Wildman–Crippen LogP) is 1.32. The van der Waals surface area contributed by atoms with Gasteiger partial charge in [-0.15, -0.1) is 0 Å². The highest BCUT2D eigenvalue weighted by Crippen LogP contribution is 2.20. The largest absolute Gasteiger partial charge is 0.479 e. The molecular formula is C14H20N2O4. The van der Waals surface area contributed by atoms with Gasteiger partial charge in [0.05, 0.1) is 6.61 Å². The molecular weight excluding hydrogens is 260 g/mol. The molecule has 0 fully saturated rings. The number of urea groups is 1. The van der Waals surface area contributed by atoms with Crippen LogP contribution in [0.25, 0.3) is 0 Å². The number of ether oxygens (including phenoxy) is 1. The summed E-state index contributed by atoms with van der Waals surface area (Å²) in [6, 6.07) is 8.02. The molecule has 1 rings (SSSR count). The third-order valence-corrected chi connectivity index (χ3v) is 2.88. The van der Waals surface area contributed by atoms with Gasteiger partial charge in [-0.1, -0.05) is 30.3 Å². The van der Waals surface area contributed by atoms with Gasteiger partial charge in [0.15, 0.2) is 5.54 Å². The molecule has 0 saturated heterocycles. The minimum absolute atomic E-state index is 0.324. The number of rotatable bonds is 7. The van der Waals surface area contributed by atoms with E-state index in [-0.39, 0.29) is 0 Å². The van der Waals surface area contributed by atoms with E-state index in [4.69, 9.17) is 4.74 Å². The van der Waals surface area contributed by atoms with Crippen LogP contribution in [0.15, 0.2) is 30.3 Å². The highest BCUT2D eigenvalue weighted by atomic mass is 16.5. The van der Waals surface area contributed by atoms with Crippen molar-refractivity contribution in [2.24, 2.45) is 0 Å². The number of carbonyl (C=O) groups is 2. The lowest BCUT2D eigenvalue weighted by atomic mass is 9.92. The smallest absolute Gasteiger partial charge is 0.333 e. The quantitative estimate of drug-likeness (QED) is 0.657. The topological polar surface area (TPSA) is 87.7 Å². The summed E-state index contributed by atoms with van der Waals surface area (Å²) in [4.78, 5) is 23.2. The van der Waals surface area contributed by atoms with Crippen LogP contribution in [0.2, 0.25) is 0 Å². The fourth-order valence-electron chi connectivity index (χ4n) is 1.67. The van der Waals surface area contributed by atoms with E-state index in [1.54, 1.807) is 30.3 Å². The van der Waals surface area contributed by atoms with Gasteiger partial charge in [-0.05, 0) is 19.4 Å². The second-order valence-electron chi connectivity index (χ2n) is 4.37. The molecule has 0 aliphatic rings. The molecule has 110 valence electrons. The van der Waals surface area contributed by atoms with Gasteiger partial charge in [0.2, 0.25) is 0 Å². The molecule has 0 radical (unpaired) electrons. The molecule has 6 nitrogen and oxygen atoms in total. The Kier molecular flexibility index (Phi) is 5.99. The summed E-state index contributed by atoms with van der Waals surface area (Å²) in [7, 11) is 0. The second-order valence-corrected chi connectivity index (χ2v) is 4.37. The van der Waals surface area contributed by atoms with Gasteiger partial charge in [0, 0.05) is 13.2 Å². The first-order chi connectivity index (χ1) is 9.50. The van der Waals surface area contributed by atoms with Crippen LogP contribution < -0.4 is 10.6 Å². The summed E-state index contributed by atoms with van der Waals surface area (Å²) >= 11 is 0. The van der Waals surface area contributed by atoms with Gasteiger partial charge in [-0.2, -0.15) is 0 Å². The zero-order valence-electron chi connectivity index (χ0n) is 11.7. The lowest BCUT2D eigenvalue weighted by molar-refractivity contribution is -0.144. The molecule has 0 saturated carbocycles. The van der Waals surface area contributed by atoms with Gasteiger partial charge in [-0.25, -0.2) is 9.59 Å². The fourth-order valence-corrected chi connectivity index (χ4v) is 1.67. The van der Waals surface area contributed by atoms with E-state index in [1.807, 2.05) is 6.92 Å². The summed E-state index contributed by atoms with van der Waals surface area (Å²) in [6.45, 7) is 4.59. The Morgan fingerprint density at radius 3 is 2.50 bits per heavy atom. The van der Waals surface area contributed by atoms with Crippen molar-refractivity contribution in [2.75, 3.05) is 19.8 Å². The number of amides is 2. The van der Waals surface area contributed by atoms with Crippen LogP contribution in [0.5, 0.6) is 0 Å². The van der Waals surface area contributed by atoms with Crippen LogP contribution in [0.1, 0.15) is 19.4 Å². The SMILES string of the molecule is CCOCCNC(=O)NC(C)(C(=O)O)c1ccccc1. The second kappa shape index (κ2) is 7.49. The molecule has 6 heteroatoms. The zero-order chi connectivity index (χ0) is 15.0. The summed E-state index contributed by atoms with van der Waals surface area (Å²) in [5.74, 6) is -1.12. The average molecular weight is 280 g/mol. The zero-order valence-corrected chi connectivity index (χ0v) is 11.7. The third-order valence-electron chi connectivity index (χ3n) is 2.88. The maximum atomic E-state index is 11.8. The molecule has 3 N–H and O–H groups in total. The first kappa shape index (κ1) is 16.0. The molecule has 0 bridgehead atoms. The van der Waals surface area contributed by atoms with Crippen molar-refractivity contribution in [3.05, 3.63) is 35.9 Å². The number of carbonyl (C=O) groups excluding carboxylic acids is 1. The average Bonchev–Trinajstić information content (AvgIpc) is 2.44. The molecule has 0 aliphatic heterocycles. The third kappa shape index (κ3) is 4.24. The number of nitrogens with one attached hydrogen (secondary N) is 2. The highest BCUT2D eigenvalue weighted by Gasteiger charge is 2.36. The standard InChI is InChI=1S/C14H20N2O4/c1-3-20-10-9-15-13(19)16-14(2,12(17)18)11-7-5-4-6-8-11/h4-8H,3,9-10H2,1-2H3,(H,17,18)(H2,15,16,19). The van der Waals surface area contributed by atoms with E-state index in [9.17, 15) is 14.7 Å². The van der Waals surface area contributed by atoms with Gasteiger partial charge < -0.3 is 20.5 Å². The Morgan fingerprint density at radius 2 is 1.95 bits per heavy atom. The van der Waals surface area contributed by atoms with E-state index >= 15 is 0 Å². The Bertz CT molecular complexity index is 450. The van der Waals surface area contributed by atoms with E-state index in [1.165, 1.54) is 6.92 Å². The normalized spacial score (nSPS) is 13.3. The van der Waals surface area contributed by atoms with Gasteiger partial charge in [0.25, 0.3) is 0 Å². The number of carboxylic acids is 1. The van der Waals surface area contributed by atoms with Crippen molar-refractivity contribution in [1.29, 1.82) is 0 Å². The number of aliphatic carboxylic acids is 1. The van der Waals surface area contributed by atoms with E-state index < -0.39 is 17.5 Å². The number of hydrogen-bond donors (Lipinski definition) is 3. The van der Waals surface area contributed by atoms with Crippen molar-refractivity contribution in [2.45, 2.75) is 19.4 Å². The minimum Gasteiger partial charge on any atom is -0.479 e. The molecule has 2 amide bonds. The maximum absolute atomic E-state index is 11.8. The summed E-state index contributed by atoms with van der Waals surface area (Å²) < 4.78 is 5.09. The molecule has 1 unspecified atom stereocenters. The lowest BCUT2D eigenvalue weighted by Gasteiger charge is -2.26. The molecule has 0 spiro atoms. The van der Waals surface area contributed by atoms with Gasteiger partial charge >= 0.3 is 12.0 Å². The maximum Gasteiger partial charge on any atom is 0.333 e. The van der Waals surface area contributed by atoms with Crippen molar-refractivity contribution < 1.29 is 19.4 Å². The van der Waals surface area contributed by atoms with Gasteiger partial charge in [0.1, 0.15) is 0 Å². The molecule has 1 aromatic rings. The Hall–Kier alpha value is -2.08. The molecule has 20 heavy (non-hydrogen) atoms. The molecule has 0 heterocycles. The summed E-state index contributed by atoms with van der Waals surface area (Å²) in [6.07, 6.45) is 0. The van der Waals surface area contributed by atoms with Crippen LogP contribution in [0.4, 0.5) is 4.79 Å². The molecule has 1 aromatic carbocycles. The number of hydrogen-bond acceptors (Lipinski definition) is 3. The minimum atomic E-state index is -1.48. The fraction of sp³-hybridized carbons (Fsp3) is 0.429. The van der Waals surface area contributed by atoms with Crippen molar-refractivity contribution in [3.63, 3.8) is 0 Å². The molecule has 0 aromatic heterocycles. The number of benzene rings is 1. The van der Waals surface area contributed by atoms with Crippen LogP contribution in [0.3, 0.4) is 0 Å². The van der Waals surface area contributed by atoms with Crippen LogP contribution in [-0.4, -0.2) is 36.9 Å². The number of carboxylic acid groups (broad SMARTS) is 1. The van der Waals surface area contributed by atoms with Crippen molar-refractivity contribution in [1.82, 2.24) is 10.6 Å². The van der Waals surface area contributed by atoms with Crippen molar-refractivity contribution >= 4 is 12.0 Å². The summed E-state index contributed by atoms with van der Waals surface area (Å²) in [5, 5.41) is 14.4. The molecule has 1 atom stereocenters. The van der Waals surface area contributed by atoms with Crippen LogP contribution in [-0.2, 0) is 15.1 Å². The van der Waals surface area contributed by atoms with E-state index in [0.717, 1.165) is 0 Å². The first-order valence-corrected chi connectivity index (χ1v) is 6.43. The van der Waals surface area contributed by atoms with E-state index in [2.05, 4.69) is 10.6 Å². The molecule has 0 aliphatic carbocycles. The van der Waals surface area contributed by atoms with Crippen LogP contribution >= 0.6 is 0 Å². The lowest BCUT2D eigenvalue weighted by Crippen LogP contribution is -2.53. The summed E-state index contributed by atoms with van der Waals surface area (Å²) in [5.41, 5.74) is -0.968. The van der Waals surface area contributed by atoms with Crippen LogP contribution in [0, 0.1) is 0 Å². The van der Waals surface area contributed by atoms with E-state index in [0.29, 0.717) is 25.3 Å². The Labute approximate surface area is 118 Å². The highest BCUT2D eigenvalue weighted by molar-refractivity contribution is 5.87. The monoisotopic (exact) mass is 280 g/mol.